The van der Waals surface area contributed by atoms with Gasteiger partial charge in [-0.25, -0.2) is 0 Å². The fraction of sp³-hybridized carbons (Fsp3) is 0.231. The molecule has 2 nitrogen and oxygen atoms in total. The van der Waals surface area contributed by atoms with Crippen molar-refractivity contribution in [2.75, 3.05) is 6.54 Å². The second-order valence-electron chi connectivity index (χ2n) is 2.85. The molecular formula is C13H20N2. The summed E-state index contributed by atoms with van der Waals surface area (Å²) in [5.41, 5.74) is 6.23. The van der Waals surface area contributed by atoms with E-state index in [-0.39, 0.29) is 0 Å². The molecule has 1 aromatic carbocycles. The Morgan fingerprint density at radius 1 is 1.20 bits per heavy atom. The summed E-state index contributed by atoms with van der Waals surface area (Å²) in [7, 11) is 0. The summed E-state index contributed by atoms with van der Waals surface area (Å²) in [6, 6.07) is 10.3. The number of benzene rings is 1. The van der Waals surface area contributed by atoms with Crippen molar-refractivity contribution >= 4 is 10.9 Å². The van der Waals surface area contributed by atoms with Crippen molar-refractivity contribution in [3.8, 4) is 0 Å². The van der Waals surface area contributed by atoms with Crippen LogP contribution < -0.4 is 5.73 Å². The lowest BCUT2D eigenvalue weighted by atomic mass is 10.3. The molecule has 15 heavy (non-hydrogen) atoms. The molecule has 2 heteroatoms. The van der Waals surface area contributed by atoms with Crippen molar-refractivity contribution < 1.29 is 0 Å². The lowest BCUT2D eigenvalue weighted by Gasteiger charge is -1.83. The van der Waals surface area contributed by atoms with Crippen molar-refractivity contribution in [3.63, 3.8) is 0 Å². The van der Waals surface area contributed by atoms with E-state index in [9.17, 15) is 0 Å². The zero-order valence-corrected chi connectivity index (χ0v) is 9.37. The maximum Gasteiger partial charge on any atom is 0.0453 e. The van der Waals surface area contributed by atoms with Crippen LogP contribution in [-0.2, 0) is 0 Å². The number of aromatic amines is 1. The van der Waals surface area contributed by atoms with Gasteiger partial charge < -0.3 is 10.7 Å². The van der Waals surface area contributed by atoms with Gasteiger partial charge >= 0.3 is 0 Å². The van der Waals surface area contributed by atoms with Gasteiger partial charge in [-0.05, 0) is 30.5 Å². The number of nitrogens with two attached hydrogens (primary N) is 1. The van der Waals surface area contributed by atoms with Crippen LogP contribution in [-0.4, -0.2) is 11.5 Å². The number of rotatable bonds is 1. The van der Waals surface area contributed by atoms with Crippen LogP contribution in [0, 0.1) is 0 Å². The maximum atomic E-state index is 5.03. The Morgan fingerprint density at radius 3 is 2.33 bits per heavy atom. The predicted octanol–water partition coefficient (Wildman–Crippen LogP) is 3.33. The van der Waals surface area contributed by atoms with E-state index >= 15 is 0 Å². The molecule has 2 rings (SSSR count). The molecule has 0 saturated heterocycles. The average molecular weight is 204 g/mol. The Labute approximate surface area is 91.8 Å². The van der Waals surface area contributed by atoms with Gasteiger partial charge in [0.1, 0.15) is 0 Å². The highest BCUT2D eigenvalue weighted by atomic mass is 14.7. The van der Waals surface area contributed by atoms with Gasteiger partial charge in [0.05, 0.1) is 0 Å². The molecule has 0 unspecified atom stereocenters. The van der Waals surface area contributed by atoms with E-state index in [4.69, 9.17) is 5.73 Å². The van der Waals surface area contributed by atoms with E-state index in [0.717, 1.165) is 13.0 Å². The molecule has 1 aromatic heterocycles. The summed E-state index contributed by atoms with van der Waals surface area (Å²) in [6.07, 6.45) is 3.05. The summed E-state index contributed by atoms with van der Waals surface area (Å²) in [5, 5.41) is 1.28. The van der Waals surface area contributed by atoms with E-state index in [1.165, 1.54) is 10.9 Å². The third-order valence-electron chi connectivity index (χ3n) is 1.75. The molecule has 0 spiro atoms. The van der Waals surface area contributed by atoms with E-state index in [1.807, 2.05) is 18.3 Å². The first kappa shape index (κ1) is 13.5. The lowest BCUT2D eigenvalue weighted by Crippen LogP contribution is -1.93. The van der Waals surface area contributed by atoms with Gasteiger partial charge in [0.25, 0.3) is 0 Å². The number of fused-ring (bicyclic) bond motifs is 1. The monoisotopic (exact) mass is 204 g/mol. The summed E-state index contributed by atoms with van der Waals surface area (Å²) in [4.78, 5) is 3.12. The van der Waals surface area contributed by atoms with Gasteiger partial charge in [-0.1, -0.05) is 25.1 Å². The number of H-pyrrole nitrogens is 1. The van der Waals surface area contributed by atoms with Crippen molar-refractivity contribution in [1.29, 1.82) is 0 Å². The fourth-order valence-electron chi connectivity index (χ4n) is 0.995. The van der Waals surface area contributed by atoms with Gasteiger partial charge in [-0.3, -0.25) is 0 Å². The first-order chi connectivity index (χ1) is 7.38. The zero-order chi connectivity index (χ0) is 11.5. The van der Waals surface area contributed by atoms with Crippen molar-refractivity contribution in [2.45, 2.75) is 13.3 Å². The Balaban J connectivity index is 0.000000282. The van der Waals surface area contributed by atoms with Gasteiger partial charge in [-0.15, -0.1) is 13.2 Å². The molecule has 0 radical (unpaired) electrons. The number of aromatic nitrogens is 1. The second kappa shape index (κ2) is 9.03. The molecule has 0 amide bonds. The highest BCUT2D eigenvalue weighted by Gasteiger charge is 1.86. The first-order valence-corrected chi connectivity index (χ1v) is 5.10. The van der Waals surface area contributed by atoms with Crippen molar-refractivity contribution in [1.82, 2.24) is 4.98 Å². The summed E-state index contributed by atoms with van der Waals surface area (Å²) in [6.45, 7) is 8.88. The lowest BCUT2D eigenvalue weighted by molar-refractivity contribution is 0.932. The Kier molecular flexibility index (Phi) is 8.10. The molecule has 82 valence electrons. The Hall–Kier alpha value is -1.54. The van der Waals surface area contributed by atoms with E-state index < -0.39 is 0 Å². The summed E-state index contributed by atoms with van der Waals surface area (Å²) in [5.74, 6) is 0. The van der Waals surface area contributed by atoms with Gasteiger partial charge in [-0.2, -0.15) is 0 Å². The number of hydrogen-bond donors (Lipinski definition) is 2. The molecular weight excluding hydrogens is 184 g/mol. The van der Waals surface area contributed by atoms with Crippen molar-refractivity contribution in [3.05, 3.63) is 49.7 Å². The van der Waals surface area contributed by atoms with E-state index in [1.54, 1.807) is 0 Å². The minimum absolute atomic E-state index is 0.819. The Bertz CT molecular complexity index is 320. The van der Waals surface area contributed by atoms with Crippen LogP contribution in [0.1, 0.15) is 13.3 Å². The van der Waals surface area contributed by atoms with Crippen LogP contribution in [0.3, 0.4) is 0 Å². The molecule has 0 saturated carbocycles. The normalized spacial score (nSPS) is 8.40. The predicted molar refractivity (Wildman–Crippen MR) is 68.9 cm³/mol. The minimum Gasteiger partial charge on any atom is -0.361 e. The van der Waals surface area contributed by atoms with Gasteiger partial charge in [0.2, 0.25) is 0 Å². The molecule has 1 heterocycles. The topological polar surface area (TPSA) is 41.8 Å². The van der Waals surface area contributed by atoms with Crippen LogP contribution in [0.15, 0.2) is 49.7 Å². The molecule has 0 fully saturated rings. The quantitative estimate of drug-likeness (QED) is 0.687. The van der Waals surface area contributed by atoms with Crippen LogP contribution in [0.2, 0.25) is 0 Å². The molecule has 0 aliphatic rings. The van der Waals surface area contributed by atoms with E-state index in [2.05, 4.69) is 43.3 Å². The number of nitrogens with one attached hydrogen (secondary N) is 1. The van der Waals surface area contributed by atoms with Crippen LogP contribution in [0.4, 0.5) is 0 Å². The van der Waals surface area contributed by atoms with Gasteiger partial charge in [0.15, 0.2) is 0 Å². The third-order valence-corrected chi connectivity index (χ3v) is 1.75. The van der Waals surface area contributed by atoms with Gasteiger partial charge in [0, 0.05) is 11.7 Å². The largest absolute Gasteiger partial charge is 0.361 e. The van der Waals surface area contributed by atoms with Crippen LogP contribution >= 0.6 is 0 Å². The van der Waals surface area contributed by atoms with E-state index in [0.29, 0.717) is 0 Å². The summed E-state index contributed by atoms with van der Waals surface area (Å²) >= 11 is 0. The number of para-hydroxylation sites is 1. The van der Waals surface area contributed by atoms with Crippen molar-refractivity contribution in [2.24, 2.45) is 5.73 Å². The highest BCUT2D eigenvalue weighted by molar-refractivity contribution is 5.78. The summed E-state index contributed by atoms with van der Waals surface area (Å²) < 4.78 is 0. The zero-order valence-electron chi connectivity index (χ0n) is 9.37. The fourth-order valence-corrected chi connectivity index (χ4v) is 0.995. The first-order valence-electron chi connectivity index (χ1n) is 5.10. The maximum absolute atomic E-state index is 5.03. The standard InChI is InChI=1S/C8H7N.C3H9N.C2H4/c1-2-4-8-7(3-1)5-6-9-8;1-2-3-4;1-2/h1-6,9H;2-4H2,1H3;1-2H2. The molecule has 0 aliphatic heterocycles. The van der Waals surface area contributed by atoms with Crippen LogP contribution in [0.5, 0.6) is 0 Å². The highest BCUT2D eigenvalue weighted by Crippen LogP contribution is 2.09. The Morgan fingerprint density at radius 2 is 1.80 bits per heavy atom. The molecule has 3 N–H and O–H groups in total. The molecule has 2 aromatic rings. The number of hydrogen-bond acceptors (Lipinski definition) is 1. The second-order valence-corrected chi connectivity index (χ2v) is 2.85. The SMILES string of the molecule is C=C.CCCN.c1ccc2[nH]ccc2c1. The average Bonchev–Trinajstić information content (AvgIpc) is 2.80. The molecule has 0 bridgehead atoms. The smallest absolute Gasteiger partial charge is 0.0453 e. The molecule has 0 atom stereocenters. The third kappa shape index (κ3) is 5.03. The minimum atomic E-state index is 0.819. The molecule has 0 aliphatic carbocycles. The van der Waals surface area contributed by atoms with Crippen LogP contribution in [0.25, 0.3) is 10.9 Å².